The molecule has 1 aromatic heterocycles. The summed E-state index contributed by atoms with van der Waals surface area (Å²) in [7, 11) is 0. The van der Waals surface area contributed by atoms with Gasteiger partial charge < -0.3 is 15.0 Å². The molecule has 0 spiro atoms. The van der Waals surface area contributed by atoms with E-state index in [4.69, 9.17) is 5.21 Å². The van der Waals surface area contributed by atoms with E-state index in [1.54, 1.807) is 23.8 Å². The topological polar surface area (TPSA) is 134 Å². The molecule has 1 atom stereocenters. The monoisotopic (exact) mass is 634 g/mol. The highest BCUT2D eigenvalue weighted by Gasteiger charge is 2.22. The number of aromatic nitrogens is 2. The summed E-state index contributed by atoms with van der Waals surface area (Å²) in [5.74, 6) is -1.32. The molecule has 0 aliphatic rings. The third-order valence-corrected chi connectivity index (χ3v) is 7.21. The number of halogens is 2. The van der Waals surface area contributed by atoms with E-state index in [9.17, 15) is 19.5 Å². The molecule has 0 aliphatic carbocycles. The zero-order chi connectivity index (χ0) is 26.9. The fourth-order valence-electron chi connectivity index (χ4n) is 3.89. The number of carbonyl (C=O) groups is 3. The van der Waals surface area contributed by atoms with Crippen LogP contribution in [0, 0.1) is 0 Å². The molecule has 196 valence electrons. The third kappa shape index (κ3) is 7.98. The molecule has 0 bridgehead atoms. The van der Waals surface area contributed by atoms with Crippen molar-refractivity contribution in [3.63, 3.8) is 0 Å². The van der Waals surface area contributed by atoms with Gasteiger partial charge in [-0.05, 0) is 58.1 Å². The number of benzene rings is 2. The van der Waals surface area contributed by atoms with Crippen LogP contribution in [-0.2, 0) is 24.2 Å². The zero-order valence-electron chi connectivity index (χ0n) is 20.2. The molecule has 9 nitrogen and oxygen atoms in total. The molecule has 0 saturated carbocycles. The first-order valence-corrected chi connectivity index (χ1v) is 13.3. The number of imidazole rings is 1. The minimum Gasteiger partial charge on any atom is -0.478 e. The van der Waals surface area contributed by atoms with Crippen LogP contribution in [0.4, 0.5) is 0 Å². The van der Waals surface area contributed by atoms with E-state index in [2.05, 4.69) is 49.1 Å². The highest BCUT2D eigenvalue weighted by molar-refractivity contribution is 9.10. The summed E-state index contributed by atoms with van der Waals surface area (Å²) < 4.78 is 3.21. The Labute approximate surface area is 231 Å². The number of nitrogens with one attached hydrogen (secondary N) is 2. The van der Waals surface area contributed by atoms with Crippen molar-refractivity contribution >= 4 is 49.6 Å². The van der Waals surface area contributed by atoms with Crippen molar-refractivity contribution in [3.8, 4) is 0 Å². The molecule has 3 rings (SSSR count). The lowest BCUT2D eigenvalue weighted by Gasteiger charge is -2.18. The molecule has 2 aromatic carbocycles. The Bertz CT molecular complexity index is 1280. The number of aromatic carboxylic acids is 1. The van der Waals surface area contributed by atoms with Crippen LogP contribution in [0.1, 0.15) is 64.0 Å². The van der Waals surface area contributed by atoms with Crippen molar-refractivity contribution in [1.82, 2.24) is 20.3 Å². The summed E-state index contributed by atoms with van der Waals surface area (Å²) in [5.41, 5.74) is 3.77. The molecule has 0 aliphatic heterocycles. The van der Waals surface area contributed by atoms with E-state index in [1.165, 1.54) is 6.07 Å². The quantitative estimate of drug-likeness (QED) is 0.168. The summed E-state index contributed by atoms with van der Waals surface area (Å²) in [6.45, 7) is 2.48. The summed E-state index contributed by atoms with van der Waals surface area (Å²) >= 11 is 6.80. The maximum Gasteiger partial charge on any atom is 0.336 e. The second-order valence-corrected chi connectivity index (χ2v) is 10.3. The normalized spacial score (nSPS) is 11.7. The molecule has 0 radical (unpaired) electrons. The van der Waals surface area contributed by atoms with Gasteiger partial charge in [0.1, 0.15) is 11.5 Å². The van der Waals surface area contributed by atoms with Crippen LogP contribution in [0.25, 0.3) is 0 Å². The predicted molar refractivity (Wildman–Crippen MR) is 145 cm³/mol. The van der Waals surface area contributed by atoms with Crippen molar-refractivity contribution in [3.05, 3.63) is 85.8 Å². The van der Waals surface area contributed by atoms with Crippen LogP contribution in [0.15, 0.2) is 57.6 Å². The van der Waals surface area contributed by atoms with Crippen LogP contribution in [0.3, 0.4) is 0 Å². The van der Waals surface area contributed by atoms with Crippen molar-refractivity contribution in [2.24, 2.45) is 0 Å². The van der Waals surface area contributed by atoms with Crippen LogP contribution in [-0.4, -0.2) is 43.7 Å². The average molecular weight is 636 g/mol. The summed E-state index contributed by atoms with van der Waals surface area (Å²) in [6, 6.07) is 12.0. The van der Waals surface area contributed by atoms with Gasteiger partial charge in [0.2, 0.25) is 5.91 Å². The Morgan fingerprint density at radius 1 is 1.11 bits per heavy atom. The molecular formula is C26H28Br2N4O5. The molecule has 0 saturated heterocycles. The summed E-state index contributed by atoms with van der Waals surface area (Å²) in [4.78, 5) is 41.0. The third-order valence-electron chi connectivity index (χ3n) is 5.78. The number of hydrogen-bond acceptors (Lipinski definition) is 5. The van der Waals surface area contributed by atoms with Gasteiger partial charge in [0, 0.05) is 40.6 Å². The van der Waals surface area contributed by atoms with E-state index in [-0.39, 0.29) is 17.7 Å². The standard InChI is InChI=1S/C26H28Br2N4O5/c1-2-3-8-23-30-22(15-32(23)14-16-9-10-19(26(35)36)21(28)11-16)25(34)29-18(13-24(33)31-37)12-17-6-4-5-7-20(17)27/h4-7,9-11,15,18,37H,2-3,8,12-14H2,1H3,(H,29,34)(H,31,33)(H,35,36)/t18-/m1/s1. The first-order valence-electron chi connectivity index (χ1n) is 11.8. The average Bonchev–Trinajstić information content (AvgIpc) is 3.26. The molecule has 0 unspecified atom stereocenters. The summed E-state index contributed by atoms with van der Waals surface area (Å²) in [5, 5.41) is 21.2. The van der Waals surface area contributed by atoms with Gasteiger partial charge in [-0.2, -0.15) is 0 Å². The van der Waals surface area contributed by atoms with Crippen molar-refractivity contribution < 1.29 is 24.7 Å². The number of aryl methyl sites for hydroxylation is 1. The highest BCUT2D eigenvalue weighted by atomic mass is 79.9. The number of hydroxylamine groups is 1. The Balaban J connectivity index is 1.83. The molecule has 11 heteroatoms. The first-order chi connectivity index (χ1) is 17.7. The largest absolute Gasteiger partial charge is 0.478 e. The van der Waals surface area contributed by atoms with E-state index >= 15 is 0 Å². The van der Waals surface area contributed by atoms with Gasteiger partial charge in [0.05, 0.1) is 5.56 Å². The summed E-state index contributed by atoms with van der Waals surface area (Å²) in [6.07, 6.45) is 4.44. The lowest BCUT2D eigenvalue weighted by molar-refractivity contribution is -0.129. The van der Waals surface area contributed by atoms with Crippen LogP contribution >= 0.6 is 31.9 Å². The number of nitrogens with zero attached hydrogens (tertiary/aromatic N) is 2. The lowest BCUT2D eigenvalue weighted by Crippen LogP contribution is -2.40. The van der Waals surface area contributed by atoms with Gasteiger partial charge in [-0.15, -0.1) is 0 Å². The lowest BCUT2D eigenvalue weighted by atomic mass is 10.0. The first kappa shape index (κ1) is 28.5. The van der Waals surface area contributed by atoms with Gasteiger partial charge in [0.15, 0.2) is 0 Å². The predicted octanol–water partition coefficient (Wildman–Crippen LogP) is 4.73. The molecule has 37 heavy (non-hydrogen) atoms. The number of rotatable bonds is 12. The number of hydrogen-bond donors (Lipinski definition) is 4. The van der Waals surface area contributed by atoms with Gasteiger partial charge in [-0.1, -0.05) is 53.5 Å². The fraction of sp³-hybridized carbons (Fsp3) is 0.308. The van der Waals surface area contributed by atoms with Crippen molar-refractivity contribution in [2.75, 3.05) is 0 Å². The minimum atomic E-state index is -1.02. The molecular weight excluding hydrogens is 608 g/mol. The second-order valence-electron chi connectivity index (χ2n) is 8.60. The molecule has 4 N–H and O–H groups in total. The van der Waals surface area contributed by atoms with Crippen LogP contribution < -0.4 is 10.8 Å². The highest BCUT2D eigenvalue weighted by Crippen LogP contribution is 2.21. The Kier molecular flexibility index (Phi) is 10.4. The van der Waals surface area contributed by atoms with Gasteiger partial charge in [0.25, 0.3) is 5.91 Å². The smallest absolute Gasteiger partial charge is 0.336 e. The number of carbonyl (C=O) groups excluding carboxylic acids is 2. The number of amides is 2. The number of unbranched alkanes of at least 4 members (excludes halogenated alkanes) is 1. The van der Waals surface area contributed by atoms with Gasteiger partial charge >= 0.3 is 5.97 Å². The van der Waals surface area contributed by atoms with Crippen molar-refractivity contribution in [1.29, 1.82) is 0 Å². The van der Waals surface area contributed by atoms with Gasteiger partial charge in [-0.25, -0.2) is 15.3 Å². The van der Waals surface area contributed by atoms with E-state index in [0.29, 0.717) is 23.9 Å². The Hall–Kier alpha value is -3.02. The number of carboxylic acids is 1. The van der Waals surface area contributed by atoms with Crippen molar-refractivity contribution in [2.45, 2.75) is 51.6 Å². The maximum absolute atomic E-state index is 13.2. The van der Waals surface area contributed by atoms with E-state index in [1.807, 2.05) is 28.8 Å². The Morgan fingerprint density at radius 3 is 2.51 bits per heavy atom. The molecule has 3 aromatic rings. The fourth-order valence-corrected chi connectivity index (χ4v) is 4.94. The van der Waals surface area contributed by atoms with Crippen LogP contribution in [0.5, 0.6) is 0 Å². The van der Waals surface area contributed by atoms with E-state index in [0.717, 1.165) is 34.3 Å². The van der Waals surface area contributed by atoms with Gasteiger partial charge in [-0.3, -0.25) is 14.8 Å². The molecule has 2 amide bonds. The number of carboxylic acid groups (broad SMARTS) is 1. The zero-order valence-corrected chi connectivity index (χ0v) is 23.4. The minimum absolute atomic E-state index is 0.114. The van der Waals surface area contributed by atoms with Crippen LogP contribution in [0.2, 0.25) is 0 Å². The maximum atomic E-state index is 13.2. The molecule has 0 fully saturated rings. The molecule has 1 heterocycles. The van der Waals surface area contributed by atoms with E-state index < -0.39 is 23.8 Å². The SMILES string of the molecule is CCCCc1nc(C(=O)N[C@@H](CC(=O)NO)Cc2ccccc2Br)cn1Cc1ccc(C(=O)O)c(Br)c1. The Morgan fingerprint density at radius 2 is 1.86 bits per heavy atom. The second kappa shape index (κ2) is 13.5.